The van der Waals surface area contributed by atoms with Crippen LogP contribution in [-0.4, -0.2) is 35.6 Å². The normalized spacial score (nSPS) is 20.5. The van der Waals surface area contributed by atoms with Crippen LogP contribution in [-0.2, 0) is 11.2 Å². The molecule has 23 heavy (non-hydrogen) atoms. The molecule has 2 aromatic rings. The number of hydrogen-bond acceptors (Lipinski definition) is 3. The van der Waals surface area contributed by atoms with Gasteiger partial charge in [-0.3, -0.25) is 0 Å². The van der Waals surface area contributed by atoms with Gasteiger partial charge >= 0.3 is 6.09 Å². The second-order valence-electron chi connectivity index (χ2n) is 7.25. The number of fused-ring (bicyclic) bond motifs is 1. The number of imidazole rings is 1. The van der Waals surface area contributed by atoms with Crippen molar-refractivity contribution >= 4 is 30.4 Å². The third kappa shape index (κ3) is 4.27. The summed E-state index contributed by atoms with van der Waals surface area (Å²) >= 11 is 0. The van der Waals surface area contributed by atoms with Gasteiger partial charge in [0.25, 0.3) is 0 Å². The number of nitrogens with zero attached hydrogens (tertiary/aromatic N) is 1. The number of aromatic amines is 1. The average molecular weight is 311 g/mol. The summed E-state index contributed by atoms with van der Waals surface area (Å²) in [5.74, 6) is 1.47. The van der Waals surface area contributed by atoms with Gasteiger partial charge in [0.05, 0.1) is 11.0 Å². The molecule has 6 heteroatoms. The molecule has 0 saturated heterocycles. The van der Waals surface area contributed by atoms with Gasteiger partial charge in [-0.25, -0.2) is 9.78 Å². The van der Waals surface area contributed by atoms with Gasteiger partial charge in [0, 0.05) is 12.5 Å². The van der Waals surface area contributed by atoms with Crippen LogP contribution in [0.25, 0.3) is 11.0 Å². The fourth-order valence-electron chi connectivity index (χ4n) is 2.72. The summed E-state index contributed by atoms with van der Waals surface area (Å²) in [5.41, 5.74) is 2.19. The number of aromatic nitrogens is 2. The number of benzene rings is 1. The maximum Gasteiger partial charge on any atom is 0.407 e. The molecule has 2 radical (unpaired) electrons. The number of aryl methyl sites for hydroxylation is 1. The first kappa shape index (κ1) is 15.9. The van der Waals surface area contributed by atoms with Crippen LogP contribution in [0.3, 0.4) is 0 Å². The van der Waals surface area contributed by atoms with Gasteiger partial charge < -0.3 is 15.0 Å². The van der Waals surface area contributed by atoms with E-state index in [0.29, 0.717) is 5.92 Å². The number of ether oxygens (including phenoxy) is 1. The van der Waals surface area contributed by atoms with Crippen LogP contribution in [0.15, 0.2) is 18.2 Å². The Balaban J connectivity index is 1.47. The van der Waals surface area contributed by atoms with Gasteiger partial charge in [-0.05, 0) is 51.7 Å². The molecule has 0 spiro atoms. The molecule has 1 aromatic heterocycles. The van der Waals surface area contributed by atoms with Crippen molar-refractivity contribution in [2.75, 3.05) is 0 Å². The van der Waals surface area contributed by atoms with E-state index in [9.17, 15) is 4.79 Å². The fourth-order valence-corrected chi connectivity index (χ4v) is 2.72. The van der Waals surface area contributed by atoms with Crippen LogP contribution >= 0.6 is 0 Å². The van der Waals surface area contributed by atoms with Crippen LogP contribution in [0.2, 0.25) is 0 Å². The quantitative estimate of drug-likeness (QED) is 0.851. The van der Waals surface area contributed by atoms with Crippen molar-refractivity contribution in [3.8, 4) is 0 Å². The summed E-state index contributed by atoms with van der Waals surface area (Å²) in [4.78, 5) is 19.6. The average Bonchev–Trinajstić information content (AvgIpc) is 3.01. The number of rotatable bonds is 4. The zero-order valence-corrected chi connectivity index (χ0v) is 13.8. The molecular weight excluding hydrogens is 289 g/mol. The third-order valence-electron chi connectivity index (χ3n) is 3.93. The predicted octanol–water partition coefficient (Wildman–Crippen LogP) is 2.20. The molecule has 0 aliphatic heterocycles. The number of carbonyl (C=O) groups excluding carboxylic acids is 1. The molecule has 120 valence electrons. The summed E-state index contributed by atoms with van der Waals surface area (Å²) in [6, 6.07) is 5.91. The van der Waals surface area contributed by atoms with Crippen LogP contribution in [0.4, 0.5) is 4.79 Å². The Hall–Kier alpha value is -1.98. The van der Waals surface area contributed by atoms with Crippen molar-refractivity contribution in [3.63, 3.8) is 0 Å². The van der Waals surface area contributed by atoms with E-state index in [2.05, 4.69) is 15.3 Å². The van der Waals surface area contributed by atoms with Crippen LogP contribution in [0, 0.1) is 5.92 Å². The maximum absolute atomic E-state index is 11.7. The molecule has 5 nitrogen and oxygen atoms in total. The summed E-state index contributed by atoms with van der Waals surface area (Å²) < 4.78 is 5.27. The SMILES string of the molecule is [B]c1ccc2nc(CCC3C[C@H]3NC(=O)OC(C)(C)C)[nH]c2c1. The lowest BCUT2D eigenvalue weighted by Gasteiger charge is -2.19. The molecule has 1 saturated carbocycles. The fraction of sp³-hybridized carbons (Fsp3) is 0.529. The Morgan fingerprint density at radius 2 is 2.26 bits per heavy atom. The van der Waals surface area contributed by atoms with Gasteiger partial charge in [-0.2, -0.15) is 0 Å². The maximum atomic E-state index is 11.7. The highest BCUT2D eigenvalue weighted by atomic mass is 16.6. The highest BCUT2D eigenvalue weighted by molar-refractivity contribution is 6.33. The predicted molar refractivity (Wildman–Crippen MR) is 91.1 cm³/mol. The van der Waals surface area contributed by atoms with Gasteiger partial charge in [-0.15, -0.1) is 0 Å². The van der Waals surface area contributed by atoms with Crippen molar-refractivity contribution < 1.29 is 9.53 Å². The Bertz CT molecular complexity index is 720. The Morgan fingerprint density at radius 1 is 1.48 bits per heavy atom. The largest absolute Gasteiger partial charge is 0.444 e. The zero-order chi connectivity index (χ0) is 16.6. The van der Waals surface area contributed by atoms with E-state index in [-0.39, 0.29) is 12.1 Å². The Labute approximate surface area is 137 Å². The third-order valence-corrected chi connectivity index (χ3v) is 3.93. The molecule has 2 N–H and O–H groups in total. The first-order chi connectivity index (χ1) is 10.8. The van der Waals surface area contributed by atoms with Crippen molar-refractivity contribution in [2.45, 2.75) is 51.7 Å². The number of H-pyrrole nitrogens is 1. The minimum Gasteiger partial charge on any atom is -0.444 e. The summed E-state index contributed by atoms with van der Waals surface area (Å²) in [7, 11) is 5.77. The first-order valence-corrected chi connectivity index (χ1v) is 8.04. The minimum atomic E-state index is -0.454. The number of carbonyl (C=O) groups is 1. The van der Waals surface area contributed by atoms with E-state index in [1.165, 1.54) is 0 Å². The van der Waals surface area contributed by atoms with E-state index < -0.39 is 5.60 Å². The molecule has 1 aromatic carbocycles. The molecule has 0 bridgehead atoms. The second kappa shape index (κ2) is 5.91. The van der Waals surface area contributed by atoms with Crippen LogP contribution in [0.5, 0.6) is 0 Å². The van der Waals surface area contributed by atoms with Gasteiger partial charge in [0.15, 0.2) is 0 Å². The van der Waals surface area contributed by atoms with E-state index in [1.54, 1.807) is 0 Å². The number of amides is 1. The Morgan fingerprint density at radius 3 is 3.00 bits per heavy atom. The number of nitrogens with one attached hydrogen (secondary N) is 2. The minimum absolute atomic E-state index is 0.227. The molecule has 1 fully saturated rings. The summed E-state index contributed by atoms with van der Waals surface area (Å²) in [6.07, 6.45) is 2.54. The van der Waals surface area contributed by atoms with Crippen molar-refractivity contribution in [1.29, 1.82) is 0 Å². The van der Waals surface area contributed by atoms with Gasteiger partial charge in [-0.1, -0.05) is 11.5 Å². The lowest BCUT2D eigenvalue weighted by atomic mass is 9.96. The summed E-state index contributed by atoms with van der Waals surface area (Å²) in [6.45, 7) is 5.60. The molecule has 1 aliphatic carbocycles. The smallest absolute Gasteiger partial charge is 0.407 e. The monoisotopic (exact) mass is 311 g/mol. The van der Waals surface area contributed by atoms with Crippen molar-refractivity contribution in [2.24, 2.45) is 5.92 Å². The van der Waals surface area contributed by atoms with Crippen molar-refractivity contribution in [3.05, 3.63) is 24.0 Å². The highest BCUT2D eigenvalue weighted by Gasteiger charge is 2.38. The number of hydrogen-bond donors (Lipinski definition) is 2. The standard InChI is InChI=1S/C17H22BN3O2/c1-17(2,3)23-16(22)21-13-8-10(13)4-7-15-19-12-6-5-11(18)9-14(12)20-15/h5-6,9-10,13H,4,7-8H2,1-3H3,(H,19,20)(H,21,22)/t10?,13-/m1/s1. The Kier molecular flexibility index (Phi) is 4.09. The molecule has 2 atom stereocenters. The topological polar surface area (TPSA) is 67.0 Å². The molecular formula is C17H22BN3O2. The molecule has 1 heterocycles. The van der Waals surface area contributed by atoms with Crippen LogP contribution < -0.4 is 10.8 Å². The number of alkyl carbamates (subject to hydrolysis) is 1. The second-order valence-corrected chi connectivity index (χ2v) is 7.25. The van der Waals surface area contributed by atoms with E-state index in [1.807, 2.05) is 39.0 Å². The van der Waals surface area contributed by atoms with E-state index in [0.717, 1.165) is 41.6 Å². The van der Waals surface area contributed by atoms with Crippen LogP contribution in [0.1, 0.15) is 39.4 Å². The lowest BCUT2D eigenvalue weighted by Crippen LogP contribution is -2.34. The first-order valence-electron chi connectivity index (χ1n) is 8.04. The molecule has 1 amide bonds. The summed E-state index contributed by atoms with van der Waals surface area (Å²) in [5, 5.41) is 2.92. The molecule has 3 rings (SSSR count). The lowest BCUT2D eigenvalue weighted by molar-refractivity contribution is 0.0521. The van der Waals surface area contributed by atoms with Gasteiger partial charge in [0.2, 0.25) is 0 Å². The zero-order valence-electron chi connectivity index (χ0n) is 13.8. The van der Waals surface area contributed by atoms with E-state index >= 15 is 0 Å². The molecule has 1 aliphatic rings. The van der Waals surface area contributed by atoms with Gasteiger partial charge in [0.1, 0.15) is 19.3 Å². The highest BCUT2D eigenvalue weighted by Crippen LogP contribution is 2.34. The van der Waals surface area contributed by atoms with E-state index in [4.69, 9.17) is 12.6 Å². The van der Waals surface area contributed by atoms with Crippen molar-refractivity contribution in [1.82, 2.24) is 15.3 Å². The molecule has 1 unspecified atom stereocenters.